The van der Waals surface area contributed by atoms with Crippen molar-refractivity contribution >= 4 is 49.9 Å². The van der Waals surface area contributed by atoms with Gasteiger partial charge < -0.3 is 5.11 Å². The Morgan fingerprint density at radius 3 is 2.69 bits per heavy atom. The SMILES string of the molecule is Cc1sc(Br)cc1C(O)c1cccc(I)c1. The molecule has 0 saturated heterocycles. The molecule has 0 saturated carbocycles. The van der Waals surface area contributed by atoms with Gasteiger partial charge in [-0.1, -0.05) is 12.1 Å². The lowest BCUT2D eigenvalue weighted by molar-refractivity contribution is 0.220. The molecule has 0 spiro atoms. The summed E-state index contributed by atoms with van der Waals surface area (Å²) in [6.07, 6.45) is -0.530. The third kappa shape index (κ3) is 2.67. The summed E-state index contributed by atoms with van der Waals surface area (Å²) in [4.78, 5) is 1.15. The highest BCUT2D eigenvalue weighted by Crippen LogP contribution is 2.33. The predicted molar refractivity (Wildman–Crippen MR) is 80.0 cm³/mol. The van der Waals surface area contributed by atoms with Crippen LogP contribution < -0.4 is 0 Å². The molecule has 2 rings (SSSR count). The van der Waals surface area contributed by atoms with Gasteiger partial charge in [-0.3, -0.25) is 0 Å². The van der Waals surface area contributed by atoms with E-state index in [4.69, 9.17) is 0 Å². The lowest BCUT2D eigenvalue weighted by Gasteiger charge is -2.11. The van der Waals surface area contributed by atoms with Crippen molar-refractivity contribution in [1.82, 2.24) is 0 Å². The summed E-state index contributed by atoms with van der Waals surface area (Å²) in [6, 6.07) is 9.95. The normalized spacial score (nSPS) is 12.8. The van der Waals surface area contributed by atoms with Crippen molar-refractivity contribution in [2.75, 3.05) is 0 Å². The first-order valence-electron chi connectivity index (χ1n) is 4.77. The van der Waals surface area contributed by atoms with Crippen molar-refractivity contribution in [3.8, 4) is 0 Å². The Morgan fingerprint density at radius 2 is 2.12 bits per heavy atom. The molecule has 0 aliphatic rings. The molecule has 0 aliphatic heterocycles. The molecule has 1 N–H and O–H groups in total. The molecule has 1 nitrogen and oxygen atoms in total. The highest BCUT2D eigenvalue weighted by molar-refractivity contribution is 14.1. The monoisotopic (exact) mass is 408 g/mol. The fourth-order valence-electron chi connectivity index (χ4n) is 1.59. The Labute approximate surface area is 121 Å². The number of aliphatic hydroxyl groups is 1. The second-order valence-corrected chi connectivity index (χ2v) is 7.40. The average molecular weight is 409 g/mol. The van der Waals surface area contributed by atoms with Gasteiger partial charge in [0.25, 0.3) is 0 Å². The molecule has 0 radical (unpaired) electrons. The van der Waals surface area contributed by atoms with Gasteiger partial charge in [0.15, 0.2) is 0 Å². The summed E-state index contributed by atoms with van der Waals surface area (Å²) in [6.45, 7) is 2.03. The molecule has 0 amide bonds. The van der Waals surface area contributed by atoms with Crippen LogP contribution in [0, 0.1) is 10.5 Å². The molecule has 0 fully saturated rings. The fourth-order valence-corrected chi connectivity index (χ4v) is 3.90. The molecule has 4 heteroatoms. The number of aryl methyl sites for hydroxylation is 1. The lowest BCUT2D eigenvalue weighted by Crippen LogP contribution is -1.99. The summed E-state index contributed by atoms with van der Waals surface area (Å²) >= 11 is 7.35. The van der Waals surface area contributed by atoms with E-state index in [-0.39, 0.29) is 0 Å². The number of aliphatic hydroxyl groups excluding tert-OH is 1. The standard InChI is InChI=1S/C12H10BrIOS/c1-7-10(6-11(13)16-7)12(15)8-3-2-4-9(14)5-8/h2-6,12,15H,1H3. The van der Waals surface area contributed by atoms with Crippen LogP contribution in [0.5, 0.6) is 0 Å². The molecule has 16 heavy (non-hydrogen) atoms. The van der Waals surface area contributed by atoms with Gasteiger partial charge in [0.1, 0.15) is 6.10 Å². The predicted octanol–water partition coefficient (Wildman–Crippen LogP) is 4.51. The number of rotatable bonds is 2. The van der Waals surface area contributed by atoms with Gasteiger partial charge in [-0.25, -0.2) is 0 Å². The summed E-state index contributed by atoms with van der Waals surface area (Å²) in [5.74, 6) is 0. The molecular weight excluding hydrogens is 399 g/mol. The van der Waals surface area contributed by atoms with Gasteiger partial charge in [-0.05, 0) is 74.8 Å². The average Bonchev–Trinajstić information content (AvgIpc) is 2.57. The van der Waals surface area contributed by atoms with Gasteiger partial charge >= 0.3 is 0 Å². The first-order valence-corrected chi connectivity index (χ1v) is 7.46. The molecule has 1 atom stereocenters. The maximum Gasteiger partial charge on any atom is 0.105 e. The van der Waals surface area contributed by atoms with Gasteiger partial charge in [0, 0.05) is 8.45 Å². The van der Waals surface area contributed by atoms with E-state index in [1.807, 2.05) is 37.3 Å². The van der Waals surface area contributed by atoms with E-state index in [1.165, 1.54) is 0 Å². The van der Waals surface area contributed by atoms with Crippen LogP contribution >= 0.6 is 49.9 Å². The van der Waals surface area contributed by atoms with Crippen LogP contribution in [0.15, 0.2) is 34.1 Å². The van der Waals surface area contributed by atoms with Gasteiger partial charge in [0.05, 0.1) is 3.79 Å². The number of halogens is 2. The van der Waals surface area contributed by atoms with Crippen LogP contribution in [0.25, 0.3) is 0 Å². The number of benzene rings is 1. The minimum absolute atomic E-state index is 0.530. The van der Waals surface area contributed by atoms with Crippen LogP contribution in [0.4, 0.5) is 0 Å². The van der Waals surface area contributed by atoms with E-state index in [2.05, 4.69) is 38.5 Å². The number of thiophene rings is 1. The molecule has 0 aliphatic carbocycles. The van der Waals surface area contributed by atoms with E-state index in [9.17, 15) is 5.11 Å². The second-order valence-electron chi connectivity index (χ2n) is 3.52. The molecule has 0 bridgehead atoms. The van der Waals surface area contributed by atoms with Gasteiger partial charge in [-0.2, -0.15) is 0 Å². The van der Waals surface area contributed by atoms with Crippen molar-refractivity contribution in [2.45, 2.75) is 13.0 Å². The lowest BCUT2D eigenvalue weighted by atomic mass is 10.0. The Balaban J connectivity index is 2.38. The molecule has 1 heterocycles. The summed E-state index contributed by atoms with van der Waals surface area (Å²) < 4.78 is 2.20. The van der Waals surface area contributed by atoms with Crippen molar-refractivity contribution < 1.29 is 5.11 Å². The van der Waals surface area contributed by atoms with Crippen molar-refractivity contribution in [3.05, 3.63) is 53.7 Å². The quantitative estimate of drug-likeness (QED) is 0.725. The van der Waals surface area contributed by atoms with Crippen LogP contribution in [-0.2, 0) is 0 Å². The van der Waals surface area contributed by atoms with E-state index in [0.29, 0.717) is 0 Å². The van der Waals surface area contributed by atoms with Crippen LogP contribution in [0.2, 0.25) is 0 Å². The second kappa shape index (κ2) is 5.16. The minimum atomic E-state index is -0.530. The van der Waals surface area contributed by atoms with Gasteiger partial charge in [0.2, 0.25) is 0 Å². The Kier molecular flexibility index (Phi) is 4.05. The molecule has 84 valence electrons. The zero-order valence-corrected chi connectivity index (χ0v) is 13.1. The molecule has 1 aromatic heterocycles. The van der Waals surface area contributed by atoms with Crippen molar-refractivity contribution in [1.29, 1.82) is 0 Å². The third-order valence-electron chi connectivity index (χ3n) is 2.39. The Hall–Kier alpha value is 0.0900. The molecule has 2 aromatic rings. The zero-order valence-electron chi connectivity index (χ0n) is 8.58. The summed E-state index contributed by atoms with van der Waals surface area (Å²) in [5, 5.41) is 10.3. The fraction of sp³-hybridized carbons (Fsp3) is 0.167. The first kappa shape index (κ1) is 12.5. The first-order chi connectivity index (χ1) is 7.58. The van der Waals surface area contributed by atoms with E-state index < -0.39 is 6.10 Å². The van der Waals surface area contributed by atoms with Crippen molar-refractivity contribution in [3.63, 3.8) is 0 Å². The summed E-state index contributed by atoms with van der Waals surface area (Å²) in [5.41, 5.74) is 1.93. The Bertz CT molecular complexity index is 509. The number of hydrogen-bond donors (Lipinski definition) is 1. The number of hydrogen-bond acceptors (Lipinski definition) is 2. The molecular formula is C12H10BrIOS. The largest absolute Gasteiger partial charge is 0.384 e. The van der Waals surface area contributed by atoms with Gasteiger partial charge in [-0.15, -0.1) is 11.3 Å². The molecule has 1 unspecified atom stereocenters. The minimum Gasteiger partial charge on any atom is -0.384 e. The van der Waals surface area contributed by atoms with E-state index in [0.717, 1.165) is 23.4 Å². The van der Waals surface area contributed by atoms with Crippen LogP contribution in [0.3, 0.4) is 0 Å². The maximum atomic E-state index is 10.3. The Morgan fingerprint density at radius 1 is 1.38 bits per heavy atom. The van der Waals surface area contributed by atoms with Crippen molar-refractivity contribution in [2.24, 2.45) is 0 Å². The van der Waals surface area contributed by atoms with E-state index in [1.54, 1.807) is 11.3 Å². The highest BCUT2D eigenvalue weighted by Gasteiger charge is 2.15. The smallest absolute Gasteiger partial charge is 0.105 e. The third-order valence-corrected chi connectivity index (χ3v) is 4.63. The molecule has 1 aromatic carbocycles. The maximum absolute atomic E-state index is 10.3. The van der Waals surface area contributed by atoms with Crippen LogP contribution in [0.1, 0.15) is 22.1 Å². The van der Waals surface area contributed by atoms with Crippen LogP contribution in [-0.4, -0.2) is 5.11 Å². The zero-order chi connectivity index (χ0) is 11.7. The highest BCUT2D eigenvalue weighted by atomic mass is 127. The summed E-state index contributed by atoms with van der Waals surface area (Å²) in [7, 11) is 0. The topological polar surface area (TPSA) is 20.2 Å². The van der Waals surface area contributed by atoms with E-state index >= 15 is 0 Å².